The summed E-state index contributed by atoms with van der Waals surface area (Å²) in [6.45, 7) is 12.2. The van der Waals surface area contributed by atoms with E-state index in [0.29, 0.717) is 18.4 Å². The number of benzene rings is 2. The van der Waals surface area contributed by atoms with E-state index in [1.165, 1.54) is 12.1 Å². The molecule has 2 N–H and O–H groups in total. The number of alkyl carbamates (subject to hydrolysis) is 1. The number of amides is 2. The number of unbranched alkanes of at least 4 members (excludes halogenated alkanes) is 1. The SMILES string of the molecule is Cc1ccc(-c2cc(C(F)(F)F)nn2-c2ccc(S(=O)(=O)NC(=O)C(CCCCNC(=O)OC(C)(C)C)CC(=O)OC(C)(C)C)cc2)cc1. The van der Waals surface area contributed by atoms with Crippen molar-refractivity contribution in [3.05, 3.63) is 65.9 Å². The molecule has 49 heavy (non-hydrogen) atoms. The number of esters is 1. The minimum Gasteiger partial charge on any atom is -0.460 e. The van der Waals surface area contributed by atoms with Crippen LogP contribution in [0.2, 0.25) is 0 Å². The van der Waals surface area contributed by atoms with E-state index in [2.05, 4.69) is 10.4 Å². The van der Waals surface area contributed by atoms with Crippen molar-refractivity contribution in [2.75, 3.05) is 6.54 Å². The third-order valence-corrected chi connectivity index (χ3v) is 8.19. The molecule has 0 radical (unpaired) electrons. The number of hydrogen-bond donors (Lipinski definition) is 2. The van der Waals surface area contributed by atoms with Gasteiger partial charge < -0.3 is 14.8 Å². The first-order chi connectivity index (χ1) is 22.5. The molecule has 0 fully saturated rings. The van der Waals surface area contributed by atoms with Crippen molar-refractivity contribution >= 4 is 28.0 Å². The first-order valence-electron chi connectivity index (χ1n) is 15.6. The molecule has 15 heteroatoms. The largest absolute Gasteiger partial charge is 0.460 e. The second kappa shape index (κ2) is 15.4. The van der Waals surface area contributed by atoms with Gasteiger partial charge in [0.25, 0.3) is 10.0 Å². The highest BCUT2D eigenvalue weighted by Gasteiger charge is 2.35. The summed E-state index contributed by atoms with van der Waals surface area (Å²) in [4.78, 5) is 37.4. The van der Waals surface area contributed by atoms with Gasteiger partial charge in [-0.1, -0.05) is 36.2 Å². The van der Waals surface area contributed by atoms with Gasteiger partial charge in [-0.05, 0) is 91.6 Å². The first-order valence-corrected chi connectivity index (χ1v) is 17.1. The summed E-state index contributed by atoms with van der Waals surface area (Å²) >= 11 is 0. The summed E-state index contributed by atoms with van der Waals surface area (Å²) < 4.78 is 80.9. The lowest BCUT2D eigenvalue weighted by molar-refractivity contribution is -0.157. The fraction of sp³-hybridized carbons (Fsp3) is 0.471. The number of nitrogens with zero attached hydrogens (tertiary/aromatic N) is 2. The van der Waals surface area contributed by atoms with Gasteiger partial charge in [0.2, 0.25) is 5.91 Å². The minimum atomic E-state index is -4.72. The number of carbonyl (C=O) groups is 3. The van der Waals surface area contributed by atoms with Crippen molar-refractivity contribution in [2.45, 2.75) is 96.4 Å². The molecule has 1 aromatic heterocycles. The lowest BCUT2D eigenvalue weighted by Crippen LogP contribution is -2.37. The first kappa shape index (κ1) is 39.0. The maximum absolute atomic E-state index is 13.6. The number of carbonyl (C=O) groups excluding carboxylic acids is 3. The summed E-state index contributed by atoms with van der Waals surface area (Å²) in [5.74, 6) is -2.70. The summed E-state index contributed by atoms with van der Waals surface area (Å²) in [6, 6.07) is 12.6. The van der Waals surface area contributed by atoms with E-state index in [4.69, 9.17) is 9.47 Å². The second-order valence-electron chi connectivity index (χ2n) is 13.6. The van der Waals surface area contributed by atoms with Crippen molar-refractivity contribution in [1.29, 1.82) is 0 Å². The maximum atomic E-state index is 13.6. The highest BCUT2D eigenvalue weighted by Crippen LogP contribution is 2.33. The Morgan fingerprint density at radius 3 is 2.02 bits per heavy atom. The third kappa shape index (κ3) is 12.2. The van der Waals surface area contributed by atoms with Crippen LogP contribution in [0, 0.1) is 12.8 Å². The Labute approximate surface area is 284 Å². The predicted molar refractivity (Wildman–Crippen MR) is 176 cm³/mol. The van der Waals surface area contributed by atoms with Gasteiger partial charge in [0, 0.05) is 18.0 Å². The van der Waals surface area contributed by atoms with Gasteiger partial charge in [0.1, 0.15) is 11.2 Å². The standard InChI is InChI=1S/C34H43F3N4O7S/c1-22-11-13-23(14-12-22)27-21-28(34(35,36)37)39-41(27)25-15-17-26(18-16-25)49(45,46)40-30(43)24(20-29(42)47-32(2,3)4)10-8-9-19-38-31(44)48-33(5,6)7/h11-18,21,24H,8-10,19-20H2,1-7H3,(H,38,44)(H,40,43). The third-order valence-electron chi connectivity index (χ3n) is 6.83. The summed E-state index contributed by atoms with van der Waals surface area (Å²) in [7, 11) is -4.46. The molecule has 0 aliphatic heterocycles. The minimum absolute atomic E-state index is 0.109. The maximum Gasteiger partial charge on any atom is 0.435 e. The van der Waals surface area contributed by atoms with E-state index < -0.39 is 57.0 Å². The Bertz CT molecular complexity index is 1720. The van der Waals surface area contributed by atoms with Crippen LogP contribution in [0.15, 0.2) is 59.5 Å². The molecular weight excluding hydrogens is 665 g/mol. The number of rotatable bonds is 12. The lowest BCUT2D eigenvalue weighted by Gasteiger charge is -2.22. The molecule has 0 bridgehead atoms. The zero-order chi connectivity index (χ0) is 36.8. The Kier molecular flexibility index (Phi) is 12.3. The molecule has 1 atom stereocenters. The number of ether oxygens (including phenoxy) is 2. The van der Waals surface area contributed by atoms with E-state index in [-0.39, 0.29) is 35.7 Å². The average molecular weight is 709 g/mol. The van der Waals surface area contributed by atoms with Gasteiger partial charge in [-0.3, -0.25) is 9.59 Å². The number of hydrogen-bond acceptors (Lipinski definition) is 8. The number of halogens is 3. The van der Waals surface area contributed by atoms with Gasteiger partial charge in [0.05, 0.1) is 22.7 Å². The lowest BCUT2D eigenvalue weighted by atomic mass is 9.97. The molecule has 0 aliphatic rings. The molecule has 0 saturated heterocycles. The fourth-order valence-corrected chi connectivity index (χ4v) is 5.66. The Morgan fingerprint density at radius 2 is 1.47 bits per heavy atom. The molecule has 0 aliphatic carbocycles. The van der Waals surface area contributed by atoms with Gasteiger partial charge in [0.15, 0.2) is 5.69 Å². The van der Waals surface area contributed by atoms with Crippen LogP contribution >= 0.6 is 0 Å². The molecule has 0 spiro atoms. The van der Waals surface area contributed by atoms with Gasteiger partial charge >= 0.3 is 18.2 Å². The highest BCUT2D eigenvalue weighted by molar-refractivity contribution is 7.90. The zero-order valence-corrected chi connectivity index (χ0v) is 29.4. The highest BCUT2D eigenvalue weighted by atomic mass is 32.2. The van der Waals surface area contributed by atoms with Crippen LogP contribution < -0.4 is 10.0 Å². The number of alkyl halides is 3. The number of aryl methyl sites for hydroxylation is 1. The van der Waals surface area contributed by atoms with Crippen molar-refractivity contribution in [3.63, 3.8) is 0 Å². The second-order valence-corrected chi connectivity index (χ2v) is 15.2. The van der Waals surface area contributed by atoms with Crippen LogP contribution in [-0.2, 0) is 35.3 Å². The molecule has 0 saturated carbocycles. The molecule has 268 valence electrons. The smallest absolute Gasteiger partial charge is 0.435 e. The van der Waals surface area contributed by atoms with E-state index in [9.17, 15) is 36.0 Å². The van der Waals surface area contributed by atoms with Crippen LogP contribution in [0.1, 0.15) is 78.5 Å². The molecule has 1 heterocycles. The van der Waals surface area contributed by atoms with Crippen LogP contribution in [0.25, 0.3) is 16.9 Å². The molecular formula is C34H43F3N4O7S. The van der Waals surface area contributed by atoms with E-state index in [1.54, 1.807) is 65.8 Å². The summed E-state index contributed by atoms with van der Waals surface area (Å²) in [6.07, 6.45) is -4.83. The Morgan fingerprint density at radius 1 is 0.878 bits per heavy atom. The van der Waals surface area contributed by atoms with Crippen molar-refractivity contribution in [1.82, 2.24) is 19.8 Å². The zero-order valence-electron chi connectivity index (χ0n) is 28.6. The predicted octanol–water partition coefficient (Wildman–Crippen LogP) is 6.71. The molecule has 3 rings (SSSR count). The fourth-order valence-electron chi connectivity index (χ4n) is 4.62. The number of sulfonamides is 1. The Balaban J connectivity index is 1.77. The Hall–Kier alpha value is -4.40. The normalized spacial score (nSPS) is 13.0. The molecule has 2 aromatic carbocycles. The van der Waals surface area contributed by atoms with Crippen LogP contribution in [0.4, 0.5) is 18.0 Å². The summed E-state index contributed by atoms with van der Waals surface area (Å²) in [5, 5.41) is 6.33. The number of aromatic nitrogens is 2. The topological polar surface area (TPSA) is 146 Å². The van der Waals surface area contributed by atoms with Gasteiger partial charge in [-0.25, -0.2) is 22.6 Å². The van der Waals surface area contributed by atoms with Crippen molar-refractivity contribution < 1.29 is 45.4 Å². The van der Waals surface area contributed by atoms with Crippen molar-refractivity contribution in [2.24, 2.45) is 5.92 Å². The quantitative estimate of drug-likeness (QED) is 0.156. The number of nitrogens with one attached hydrogen (secondary N) is 2. The van der Waals surface area contributed by atoms with E-state index in [0.717, 1.165) is 28.4 Å². The average Bonchev–Trinajstić information content (AvgIpc) is 3.41. The summed E-state index contributed by atoms with van der Waals surface area (Å²) in [5.41, 5.74) is -0.962. The van der Waals surface area contributed by atoms with E-state index in [1.807, 2.05) is 11.6 Å². The molecule has 3 aromatic rings. The van der Waals surface area contributed by atoms with Crippen LogP contribution in [0.3, 0.4) is 0 Å². The van der Waals surface area contributed by atoms with E-state index >= 15 is 0 Å². The molecule has 11 nitrogen and oxygen atoms in total. The van der Waals surface area contributed by atoms with Crippen molar-refractivity contribution in [3.8, 4) is 16.9 Å². The monoisotopic (exact) mass is 708 g/mol. The van der Waals surface area contributed by atoms with Gasteiger partial charge in [-0.2, -0.15) is 18.3 Å². The molecule has 1 unspecified atom stereocenters. The molecule has 2 amide bonds. The van der Waals surface area contributed by atoms with Crippen LogP contribution in [-0.4, -0.2) is 53.9 Å². The van der Waals surface area contributed by atoms with Crippen LogP contribution in [0.5, 0.6) is 0 Å². The van der Waals surface area contributed by atoms with Gasteiger partial charge in [-0.15, -0.1) is 0 Å².